The second-order valence-electron chi connectivity index (χ2n) is 7.61. The number of aliphatic hydroxyl groups excluding tert-OH is 1. The van der Waals surface area contributed by atoms with Crippen molar-refractivity contribution >= 4 is 23.5 Å². The van der Waals surface area contributed by atoms with E-state index in [0.29, 0.717) is 17.9 Å². The van der Waals surface area contributed by atoms with E-state index in [4.69, 9.17) is 9.47 Å². The number of rotatable bonds is 5. The molecule has 0 aliphatic carbocycles. The molecule has 0 radical (unpaired) electrons. The molecule has 1 N–H and O–H groups in total. The summed E-state index contributed by atoms with van der Waals surface area (Å²) in [5.41, 5.74) is 4.26. The van der Waals surface area contributed by atoms with Crippen molar-refractivity contribution in [3.8, 4) is 0 Å². The molecule has 144 valence electrons. The molecule has 0 saturated carbocycles. The molecule has 1 aliphatic heterocycles. The van der Waals surface area contributed by atoms with Crippen LogP contribution < -0.4 is 0 Å². The van der Waals surface area contributed by atoms with Crippen molar-refractivity contribution in [3.05, 3.63) is 40.1 Å². The third-order valence-corrected chi connectivity index (χ3v) is 6.32. The summed E-state index contributed by atoms with van der Waals surface area (Å²) in [5, 5.41) is 10.8. The summed E-state index contributed by atoms with van der Waals surface area (Å²) >= 11 is 1.41. The van der Waals surface area contributed by atoms with Gasteiger partial charge in [-0.25, -0.2) is 4.79 Å². The molecule has 5 heteroatoms. The standard InChI is InChI=1S/C21H30O4S/c1-8-21(7)18(25-20(23)24-11-12(2)3)17(19(22)26-21)16-10-14(5)13(4)9-15(16)6/h9-10,12,19,22H,8,11H2,1-7H3. The first-order chi connectivity index (χ1) is 12.1. The summed E-state index contributed by atoms with van der Waals surface area (Å²) in [5.74, 6) is 0.747. The highest BCUT2D eigenvalue weighted by Crippen LogP contribution is 2.52. The normalized spacial score (nSPS) is 22.9. The van der Waals surface area contributed by atoms with Gasteiger partial charge in [-0.05, 0) is 62.3 Å². The maximum atomic E-state index is 12.2. The molecule has 1 heterocycles. The predicted molar refractivity (Wildman–Crippen MR) is 107 cm³/mol. The lowest BCUT2D eigenvalue weighted by molar-refractivity contribution is 0.0642. The van der Waals surface area contributed by atoms with Crippen molar-refractivity contribution in [2.45, 2.75) is 65.1 Å². The summed E-state index contributed by atoms with van der Waals surface area (Å²) in [6.07, 6.45) is 0.0246. The van der Waals surface area contributed by atoms with E-state index in [9.17, 15) is 9.90 Å². The zero-order valence-electron chi connectivity index (χ0n) is 16.8. The maximum Gasteiger partial charge on any atom is 0.513 e. The third-order valence-electron chi connectivity index (χ3n) is 4.87. The minimum Gasteiger partial charge on any atom is -0.434 e. The largest absolute Gasteiger partial charge is 0.513 e. The number of carbonyl (C=O) groups is 1. The predicted octanol–water partition coefficient (Wildman–Crippen LogP) is 5.37. The molecule has 0 bridgehead atoms. The SMILES string of the molecule is CCC1(C)SC(O)C(c2cc(C)c(C)cc2C)=C1OC(=O)OCC(C)C. The number of thioether (sulfide) groups is 1. The van der Waals surface area contributed by atoms with Crippen molar-refractivity contribution in [2.24, 2.45) is 5.92 Å². The van der Waals surface area contributed by atoms with Crippen LogP contribution >= 0.6 is 11.8 Å². The second-order valence-corrected chi connectivity index (χ2v) is 9.19. The zero-order valence-corrected chi connectivity index (χ0v) is 17.6. The minimum absolute atomic E-state index is 0.235. The highest BCUT2D eigenvalue weighted by molar-refractivity contribution is 8.02. The van der Waals surface area contributed by atoms with Crippen molar-refractivity contribution in [3.63, 3.8) is 0 Å². The van der Waals surface area contributed by atoms with Crippen LogP contribution in [0.5, 0.6) is 0 Å². The molecule has 2 unspecified atom stereocenters. The Hall–Kier alpha value is -1.46. The molecule has 0 amide bonds. The van der Waals surface area contributed by atoms with Gasteiger partial charge in [0.25, 0.3) is 0 Å². The molecule has 2 rings (SSSR count). The van der Waals surface area contributed by atoms with Crippen molar-refractivity contribution in [1.82, 2.24) is 0 Å². The van der Waals surface area contributed by atoms with Crippen molar-refractivity contribution < 1.29 is 19.4 Å². The Bertz CT molecular complexity index is 723. The average Bonchev–Trinajstić information content (AvgIpc) is 2.80. The number of aliphatic hydroxyl groups is 1. The average molecular weight is 379 g/mol. The Morgan fingerprint density at radius 3 is 2.42 bits per heavy atom. The molecule has 26 heavy (non-hydrogen) atoms. The lowest BCUT2D eigenvalue weighted by Gasteiger charge is -2.24. The molecule has 1 aromatic rings. The fourth-order valence-electron chi connectivity index (χ4n) is 3.02. The lowest BCUT2D eigenvalue weighted by atomic mass is 9.92. The zero-order chi connectivity index (χ0) is 19.6. The molecule has 0 saturated heterocycles. The highest BCUT2D eigenvalue weighted by Gasteiger charge is 2.45. The van der Waals surface area contributed by atoms with E-state index >= 15 is 0 Å². The number of ether oxygens (including phenoxy) is 2. The van der Waals surface area contributed by atoms with Crippen LogP contribution in [0.25, 0.3) is 5.57 Å². The smallest absolute Gasteiger partial charge is 0.434 e. The first-order valence-corrected chi connectivity index (χ1v) is 10.00. The molecule has 4 nitrogen and oxygen atoms in total. The Balaban J connectivity index is 2.50. The number of hydrogen-bond donors (Lipinski definition) is 1. The molecule has 1 aliphatic rings. The fraction of sp³-hybridized carbons (Fsp3) is 0.571. The Labute approximate surface area is 161 Å². The van der Waals surface area contributed by atoms with Crippen molar-refractivity contribution in [1.29, 1.82) is 0 Å². The highest BCUT2D eigenvalue weighted by atomic mass is 32.2. The molecular formula is C21H30O4S. The third kappa shape index (κ3) is 4.26. The van der Waals surface area contributed by atoms with E-state index in [-0.39, 0.29) is 5.92 Å². The van der Waals surface area contributed by atoms with Crippen molar-refractivity contribution in [2.75, 3.05) is 6.61 Å². The van der Waals surface area contributed by atoms with Crippen LogP contribution in [-0.4, -0.2) is 28.1 Å². The van der Waals surface area contributed by atoms with E-state index < -0.39 is 16.3 Å². The number of hydrogen-bond acceptors (Lipinski definition) is 5. The minimum atomic E-state index is -0.742. The van der Waals surface area contributed by atoms with E-state index in [1.807, 2.05) is 41.5 Å². The quantitative estimate of drug-likeness (QED) is 0.699. The van der Waals surface area contributed by atoms with Crippen LogP contribution in [0.2, 0.25) is 0 Å². The number of aryl methyl sites for hydroxylation is 3. The maximum absolute atomic E-state index is 12.2. The molecule has 0 fully saturated rings. The summed E-state index contributed by atoms with van der Waals surface area (Å²) in [7, 11) is 0. The molecule has 0 aromatic heterocycles. The summed E-state index contributed by atoms with van der Waals surface area (Å²) < 4.78 is 10.4. The van der Waals surface area contributed by atoms with Crippen LogP contribution in [0.15, 0.2) is 17.9 Å². The summed E-state index contributed by atoms with van der Waals surface area (Å²) in [6.45, 7) is 14.4. The molecule has 2 atom stereocenters. The van der Waals surface area contributed by atoms with Gasteiger partial charge in [-0.15, -0.1) is 11.8 Å². The van der Waals surface area contributed by atoms with Crippen LogP contribution in [-0.2, 0) is 9.47 Å². The van der Waals surface area contributed by atoms with Crippen LogP contribution in [0.4, 0.5) is 4.79 Å². The number of carbonyl (C=O) groups excluding carboxylic acids is 1. The van der Waals surface area contributed by atoms with Crippen LogP contribution in [0.3, 0.4) is 0 Å². The molecule has 1 aromatic carbocycles. The Morgan fingerprint density at radius 2 is 1.85 bits per heavy atom. The first kappa shape index (κ1) is 20.8. The van der Waals surface area contributed by atoms with Gasteiger partial charge in [0, 0.05) is 5.57 Å². The van der Waals surface area contributed by atoms with Gasteiger partial charge in [0.05, 0.1) is 11.4 Å². The van der Waals surface area contributed by atoms with Gasteiger partial charge in [0.15, 0.2) is 0 Å². The van der Waals surface area contributed by atoms with E-state index in [1.54, 1.807) is 0 Å². The van der Waals surface area contributed by atoms with E-state index in [1.165, 1.54) is 17.3 Å². The lowest BCUT2D eigenvalue weighted by Crippen LogP contribution is -2.24. The summed E-state index contributed by atoms with van der Waals surface area (Å²) in [6, 6.07) is 4.17. The number of benzene rings is 1. The van der Waals surface area contributed by atoms with Gasteiger partial charge < -0.3 is 14.6 Å². The fourth-order valence-corrected chi connectivity index (χ4v) is 4.29. The topological polar surface area (TPSA) is 55.8 Å². The Morgan fingerprint density at radius 1 is 1.23 bits per heavy atom. The van der Waals surface area contributed by atoms with Gasteiger partial charge in [-0.2, -0.15) is 0 Å². The van der Waals surface area contributed by atoms with Gasteiger partial charge in [0.1, 0.15) is 11.2 Å². The summed E-state index contributed by atoms with van der Waals surface area (Å²) in [4.78, 5) is 12.2. The van der Waals surface area contributed by atoms with Crippen LogP contribution in [0.1, 0.15) is 56.4 Å². The van der Waals surface area contributed by atoms with Gasteiger partial charge in [-0.3, -0.25) is 0 Å². The van der Waals surface area contributed by atoms with Gasteiger partial charge >= 0.3 is 6.16 Å². The van der Waals surface area contributed by atoms with E-state index in [0.717, 1.165) is 23.1 Å². The van der Waals surface area contributed by atoms with Crippen LogP contribution in [0, 0.1) is 26.7 Å². The molecular weight excluding hydrogens is 348 g/mol. The monoisotopic (exact) mass is 378 g/mol. The van der Waals surface area contributed by atoms with Gasteiger partial charge in [-0.1, -0.05) is 32.9 Å². The second kappa shape index (κ2) is 8.05. The Kier molecular flexibility index (Phi) is 6.46. The van der Waals surface area contributed by atoms with Gasteiger partial charge in [0.2, 0.25) is 0 Å². The first-order valence-electron chi connectivity index (χ1n) is 9.12. The molecule has 0 spiro atoms. The van der Waals surface area contributed by atoms with E-state index in [2.05, 4.69) is 19.1 Å².